The molecule has 0 rings (SSSR count). The van der Waals surface area contributed by atoms with Crippen LogP contribution in [-0.2, 0) is 0 Å². The van der Waals surface area contributed by atoms with Crippen molar-refractivity contribution in [2.24, 2.45) is 11.5 Å². The van der Waals surface area contributed by atoms with E-state index in [1.807, 2.05) is 0 Å². The van der Waals surface area contributed by atoms with Crippen molar-refractivity contribution in [2.45, 2.75) is 37.3 Å². The Morgan fingerprint density at radius 3 is 1.18 bits per heavy atom. The molecule has 0 spiro atoms. The first-order chi connectivity index (χ1) is 10.0. The van der Waals surface area contributed by atoms with Crippen molar-refractivity contribution in [1.82, 2.24) is 10.9 Å². The van der Waals surface area contributed by atoms with E-state index in [2.05, 4.69) is 0 Å². The summed E-state index contributed by atoms with van der Waals surface area (Å²) in [5, 5.41) is 39.3. The fourth-order valence-corrected chi connectivity index (χ4v) is 1.48. The van der Waals surface area contributed by atoms with Crippen LogP contribution in [0.15, 0.2) is 0 Å². The van der Waals surface area contributed by atoms with Gasteiger partial charge in [0.15, 0.2) is 10.1 Å². The molecule has 0 saturated carbocycles. The molecule has 0 aliphatic heterocycles. The minimum absolute atomic E-state index is 0.599. The molecule has 0 aromatic rings. The van der Waals surface area contributed by atoms with E-state index in [0.29, 0.717) is 0 Å². The van der Waals surface area contributed by atoms with E-state index in [1.54, 1.807) is 0 Å². The summed E-state index contributed by atoms with van der Waals surface area (Å²) in [5.41, 5.74) is 13.8. The lowest BCUT2D eigenvalue weighted by Gasteiger charge is -2.20. The van der Waals surface area contributed by atoms with Crippen molar-refractivity contribution in [1.29, 1.82) is 0 Å². The summed E-state index contributed by atoms with van der Waals surface area (Å²) >= 11 is 0. The second kappa shape index (κ2) is 8.42. The third-order valence-electron chi connectivity index (χ3n) is 2.56. The zero-order chi connectivity index (χ0) is 17.4. The highest BCUT2D eigenvalue weighted by atomic mass is 16.7. The van der Waals surface area contributed by atoms with E-state index in [4.69, 9.17) is 11.5 Å². The number of rotatable bonds is 11. The lowest BCUT2D eigenvalue weighted by Crippen LogP contribution is -2.53. The molecular formula is C6H14N8O8. The van der Waals surface area contributed by atoms with Gasteiger partial charge in [0.1, 0.15) is 0 Å². The first-order valence-electron chi connectivity index (χ1n) is 5.63. The SMILES string of the molecule is NC(CC(N[N+](=O)[O-])[N+](=O)[O-])C(N)CC(N[N+](=O)[O-])[N+](=O)[O-]. The molecular weight excluding hydrogens is 312 g/mol. The fraction of sp³-hybridized carbons (Fsp3) is 1.00. The molecule has 0 aromatic heterocycles. The Morgan fingerprint density at radius 1 is 0.727 bits per heavy atom. The summed E-state index contributed by atoms with van der Waals surface area (Å²) in [7, 11) is 0. The van der Waals surface area contributed by atoms with Crippen LogP contribution in [0.3, 0.4) is 0 Å². The third-order valence-corrected chi connectivity index (χ3v) is 2.56. The first kappa shape index (κ1) is 19.1. The zero-order valence-corrected chi connectivity index (χ0v) is 10.9. The second-order valence-corrected chi connectivity index (χ2v) is 4.17. The summed E-state index contributed by atoms with van der Waals surface area (Å²) in [5.74, 6) is 0. The predicted molar refractivity (Wildman–Crippen MR) is 67.0 cm³/mol. The van der Waals surface area contributed by atoms with Gasteiger partial charge < -0.3 is 11.5 Å². The molecule has 16 nitrogen and oxygen atoms in total. The summed E-state index contributed by atoms with van der Waals surface area (Å²) in [4.78, 5) is 39.6. The van der Waals surface area contributed by atoms with Crippen LogP contribution in [0.5, 0.6) is 0 Å². The van der Waals surface area contributed by atoms with Crippen LogP contribution in [0.1, 0.15) is 12.8 Å². The first-order valence-corrected chi connectivity index (χ1v) is 5.63. The molecule has 0 aromatic carbocycles. The minimum atomic E-state index is -1.85. The number of hydrogen-bond acceptors (Lipinski definition) is 10. The van der Waals surface area contributed by atoms with E-state index in [0.717, 1.165) is 0 Å². The summed E-state index contributed by atoms with van der Waals surface area (Å²) in [6, 6.07) is -2.47. The van der Waals surface area contributed by atoms with Crippen molar-refractivity contribution in [3.05, 3.63) is 40.5 Å². The molecule has 126 valence electrons. The van der Waals surface area contributed by atoms with Gasteiger partial charge in [-0.2, -0.15) is 0 Å². The smallest absolute Gasteiger partial charge is 0.326 e. The molecule has 6 N–H and O–H groups in total. The summed E-state index contributed by atoms with van der Waals surface area (Å²) < 4.78 is 0. The molecule has 0 amide bonds. The molecule has 0 heterocycles. The van der Waals surface area contributed by atoms with Crippen molar-refractivity contribution in [3.8, 4) is 0 Å². The van der Waals surface area contributed by atoms with Crippen LogP contribution in [-0.4, -0.2) is 44.3 Å². The molecule has 4 unspecified atom stereocenters. The van der Waals surface area contributed by atoms with Gasteiger partial charge in [-0.25, -0.2) is 20.2 Å². The van der Waals surface area contributed by atoms with Crippen LogP contribution in [0, 0.1) is 40.5 Å². The molecule has 0 saturated heterocycles. The van der Waals surface area contributed by atoms with E-state index in [9.17, 15) is 40.5 Å². The van der Waals surface area contributed by atoms with Crippen molar-refractivity contribution in [3.63, 3.8) is 0 Å². The van der Waals surface area contributed by atoms with Gasteiger partial charge in [-0.3, -0.25) is 20.2 Å². The molecule has 0 fully saturated rings. The Kier molecular flexibility index (Phi) is 7.31. The Hall–Kier alpha value is -2.88. The lowest BCUT2D eigenvalue weighted by molar-refractivity contribution is -0.640. The van der Waals surface area contributed by atoms with Crippen LogP contribution >= 0.6 is 0 Å². The Bertz CT molecular complexity index is 404. The molecule has 16 heteroatoms. The molecule has 4 atom stereocenters. The highest BCUT2D eigenvalue weighted by molar-refractivity contribution is 4.79. The number of nitrogens with two attached hydrogens (primary N) is 2. The molecule has 0 aliphatic rings. The largest absolute Gasteiger partial charge is 0.335 e. The zero-order valence-electron chi connectivity index (χ0n) is 10.9. The van der Waals surface area contributed by atoms with Crippen molar-refractivity contribution in [2.75, 3.05) is 0 Å². The predicted octanol–water partition coefficient (Wildman–Crippen LogP) is -2.81. The van der Waals surface area contributed by atoms with Crippen LogP contribution < -0.4 is 22.3 Å². The molecule has 0 aliphatic carbocycles. The normalized spacial score (nSPS) is 15.9. The van der Waals surface area contributed by atoms with Gasteiger partial charge >= 0.3 is 12.3 Å². The molecule has 22 heavy (non-hydrogen) atoms. The molecule has 0 radical (unpaired) electrons. The maximum Gasteiger partial charge on any atom is 0.335 e. The van der Waals surface area contributed by atoms with Gasteiger partial charge in [-0.1, -0.05) is 10.9 Å². The van der Waals surface area contributed by atoms with Crippen LogP contribution in [0.2, 0.25) is 0 Å². The van der Waals surface area contributed by atoms with Gasteiger partial charge in [0, 0.05) is 12.1 Å². The van der Waals surface area contributed by atoms with Gasteiger partial charge in [-0.15, -0.1) is 0 Å². The molecule has 0 bridgehead atoms. The quantitative estimate of drug-likeness (QED) is 0.170. The Balaban J connectivity index is 4.71. The van der Waals surface area contributed by atoms with Gasteiger partial charge in [0.05, 0.1) is 22.7 Å². The number of hydrazine groups is 2. The number of nitrogens with zero attached hydrogens (tertiary/aromatic N) is 4. The number of nitro groups is 4. The van der Waals surface area contributed by atoms with E-state index in [1.165, 1.54) is 10.9 Å². The third kappa shape index (κ3) is 7.05. The monoisotopic (exact) mass is 326 g/mol. The Morgan fingerprint density at radius 2 is 1.00 bits per heavy atom. The maximum absolute atomic E-state index is 10.6. The topological polar surface area (TPSA) is 249 Å². The maximum atomic E-state index is 10.6. The standard InChI is InChI=1S/C6H14N8O8/c7-3(1-5(11(15)16)9-13(19)20)4(8)2-6(12(17)18)10-14(21)22/h3-6,9-10H,1-2,7-8H2. The van der Waals surface area contributed by atoms with E-state index >= 15 is 0 Å². The Labute approximate surface area is 121 Å². The van der Waals surface area contributed by atoms with Crippen LogP contribution in [0.4, 0.5) is 0 Å². The van der Waals surface area contributed by atoms with E-state index < -0.39 is 57.2 Å². The van der Waals surface area contributed by atoms with Crippen molar-refractivity contribution < 1.29 is 19.9 Å². The highest BCUT2D eigenvalue weighted by Gasteiger charge is 2.34. The number of nitrogens with one attached hydrogen (secondary N) is 2. The minimum Gasteiger partial charge on any atom is -0.326 e. The summed E-state index contributed by atoms with van der Waals surface area (Å²) in [6.45, 7) is 0. The average Bonchev–Trinajstić information content (AvgIpc) is 2.35. The number of hydrogen-bond donors (Lipinski definition) is 4. The highest BCUT2D eigenvalue weighted by Crippen LogP contribution is 2.07. The van der Waals surface area contributed by atoms with Gasteiger partial charge in [0.2, 0.25) is 0 Å². The van der Waals surface area contributed by atoms with Crippen LogP contribution in [0.25, 0.3) is 0 Å². The average molecular weight is 326 g/mol. The summed E-state index contributed by atoms with van der Waals surface area (Å²) in [6.07, 6.45) is -4.90. The fourth-order valence-electron chi connectivity index (χ4n) is 1.48. The second-order valence-electron chi connectivity index (χ2n) is 4.17. The van der Waals surface area contributed by atoms with Gasteiger partial charge in [0.25, 0.3) is 0 Å². The van der Waals surface area contributed by atoms with E-state index in [-0.39, 0.29) is 0 Å². The van der Waals surface area contributed by atoms with Crippen molar-refractivity contribution >= 4 is 0 Å². The van der Waals surface area contributed by atoms with Gasteiger partial charge in [-0.05, 0) is 0 Å². The lowest BCUT2D eigenvalue weighted by atomic mass is 10.0.